The summed E-state index contributed by atoms with van der Waals surface area (Å²) in [7, 11) is 1.61. The maximum absolute atomic E-state index is 12.4. The van der Waals surface area contributed by atoms with Gasteiger partial charge in [-0.2, -0.15) is 0 Å². The van der Waals surface area contributed by atoms with Crippen molar-refractivity contribution in [2.45, 2.75) is 16.6 Å². The van der Waals surface area contributed by atoms with Crippen molar-refractivity contribution >= 4 is 17.7 Å². The van der Waals surface area contributed by atoms with Crippen LogP contribution in [0.15, 0.2) is 71.1 Å². The molecule has 0 fully saturated rings. The Morgan fingerprint density at radius 1 is 1.08 bits per heavy atom. The third-order valence-corrected chi connectivity index (χ3v) is 4.23. The monoisotopic (exact) mass is 352 g/mol. The average Bonchev–Trinajstić information content (AvgIpc) is 2.67. The van der Waals surface area contributed by atoms with E-state index in [2.05, 4.69) is 20.3 Å². The van der Waals surface area contributed by atoms with Crippen LogP contribution < -0.4 is 10.1 Å². The number of methoxy groups -OCH3 is 1. The first kappa shape index (κ1) is 16.9. The van der Waals surface area contributed by atoms with Gasteiger partial charge < -0.3 is 10.1 Å². The Morgan fingerprint density at radius 3 is 2.68 bits per heavy atom. The van der Waals surface area contributed by atoms with Crippen LogP contribution in [0.5, 0.6) is 5.75 Å². The molecule has 2 heterocycles. The Kier molecular flexibility index (Phi) is 5.58. The first-order valence-electron chi connectivity index (χ1n) is 7.57. The Morgan fingerprint density at radius 2 is 1.88 bits per heavy atom. The smallest absolute Gasteiger partial charge is 0.270 e. The molecule has 3 rings (SSSR count). The summed E-state index contributed by atoms with van der Waals surface area (Å²) in [5.41, 5.74) is 1.25. The number of rotatable bonds is 6. The maximum atomic E-state index is 12.4. The lowest BCUT2D eigenvalue weighted by atomic mass is 10.2. The highest BCUT2D eigenvalue weighted by Gasteiger charge is 2.10. The van der Waals surface area contributed by atoms with Crippen molar-refractivity contribution in [3.8, 4) is 5.75 Å². The predicted octanol–water partition coefficient (Wildman–Crippen LogP) is 2.96. The van der Waals surface area contributed by atoms with E-state index in [-0.39, 0.29) is 5.91 Å². The van der Waals surface area contributed by atoms with Crippen molar-refractivity contribution in [1.82, 2.24) is 20.3 Å². The third-order valence-electron chi connectivity index (χ3n) is 3.35. The highest BCUT2D eigenvalue weighted by Crippen LogP contribution is 2.24. The summed E-state index contributed by atoms with van der Waals surface area (Å²) < 4.78 is 5.28. The summed E-state index contributed by atoms with van der Waals surface area (Å²) in [5, 5.41) is 3.48. The maximum Gasteiger partial charge on any atom is 0.270 e. The molecule has 0 atom stereocenters. The zero-order chi connectivity index (χ0) is 17.5. The molecule has 0 aliphatic carbocycles. The number of carbonyl (C=O) groups excluding carboxylic acids is 1. The SMILES string of the molecule is COc1ccccc1CNC(=O)c1cc(Sc2ncccn2)ccn1. The van der Waals surface area contributed by atoms with E-state index >= 15 is 0 Å². The van der Waals surface area contributed by atoms with Gasteiger partial charge in [-0.25, -0.2) is 9.97 Å². The van der Waals surface area contributed by atoms with E-state index in [0.717, 1.165) is 16.2 Å². The topological polar surface area (TPSA) is 77.0 Å². The normalized spacial score (nSPS) is 10.3. The van der Waals surface area contributed by atoms with E-state index in [1.54, 1.807) is 37.8 Å². The van der Waals surface area contributed by atoms with Gasteiger partial charge in [0.1, 0.15) is 11.4 Å². The molecule has 0 aliphatic rings. The number of amides is 1. The average molecular weight is 352 g/mol. The van der Waals surface area contributed by atoms with E-state index < -0.39 is 0 Å². The molecule has 3 aromatic rings. The lowest BCUT2D eigenvalue weighted by Gasteiger charge is -2.09. The van der Waals surface area contributed by atoms with Crippen molar-refractivity contribution < 1.29 is 9.53 Å². The molecular formula is C18H16N4O2S. The number of hydrogen-bond acceptors (Lipinski definition) is 6. The minimum Gasteiger partial charge on any atom is -0.496 e. The molecule has 0 unspecified atom stereocenters. The minimum absolute atomic E-state index is 0.248. The van der Waals surface area contributed by atoms with E-state index in [9.17, 15) is 4.79 Å². The molecular weight excluding hydrogens is 336 g/mol. The van der Waals surface area contributed by atoms with Gasteiger partial charge in [-0.1, -0.05) is 18.2 Å². The van der Waals surface area contributed by atoms with Gasteiger partial charge in [-0.05, 0) is 36.0 Å². The number of para-hydroxylation sites is 1. The number of benzene rings is 1. The second-order valence-electron chi connectivity index (χ2n) is 5.00. The van der Waals surface area contributed by atoms with Gasteiger partial charge in [-0.3, -0.25) is 9.78 Å². The van der Waals surface area contributed by atoms with Crippen LogP contribution in [0.2, 0.25) is 0 Å². The van der Waals surface area contributed by atoms with Crippen LogP contribution >= 0.6 is 11.8 Å². The summed E-state index contributed by atoms with van der Waals surface area (Å²) in [6.07, 6.45) is 4.96. The van der Waals surface area contributed by atoms with E-state index in [1.807, 2.05) is 30.3 Å². The van der Waals surface area contributed by atoms with Crippen LogP contribution in [0.4, 0.5) is 0 Å². The second-order valence-corrected chi connectivity index (χ2v) is 6.05. The van der Waals surface area contributed by atoms with Crippen molar-refractivity contribution in [2.75, 3.05) is 7.11 Å². The van der Waals surface area contributed by atoms with Crippen LogP contribution in [0, 0.1) is 0 Å². The van der Waals surface area contributed by atoms with Crippen molar-refractivity contribution in [2.24, 2.45) is 0 Å². The lowest BCUT2D eigenvalue weighted by Crippen LogP contribution is -2.24. The van der Waals surface area contributed by atoms with Crippen LogP contribution in [-0.2, 0) is 6.54 Å². The largest absolute Gasteiger partial charge is 0.496 e. The standard InChI is InChI=1S/C18H16N4O2S/c1-24-16-6-3-2-5-13(16)12-22-17(23)15-11-14(7-10-19-15)25-18-20-8-4-9-21-18/h2-11H,12H2,1H3,(H,22,23). The number of ether oxygens (including phenoxy) is 1. The molecule has 25 heavy (non-hydrogen) atoms. The Hall–Kier alpha value is -2.93. The van der Waals surface area contributed by atoms with Crippen molar-refractivity contribution in [3.05, 3.63) is 72.3 Å². The molecule has 1 aromatic carbocycles. The molecule has 0 spiro atoms. The number of hydrogen-bond donors (Lipinski definition) is 1. The zero-order valence-electron chi connectivity index (χ0n) is 13.5. The summed E-state index contributed by atoms with van der Waals surface area (Å²) >= 11 is 1.38. The van der Waals surface area contributed by atoms with Gasteiger partial charge in [0.15, 0.2) is 5.16 Å². The number of pyridine rings is 1. The van der Waals surface area contributed by atoms with Gasteiger partial charge >= 0.3 is 0 Å². The summed E-state index contributed by atoms with van der Waals surface area (Å²) in [4.78, 5) is 25.7. The molecule has 2 aromatic heterocycles. The van der Waals surface area contributed by atoms with Crippen LogP contribution in [0.1, 0.15) is 16.1 Å². The lowest BCUT2D eigenvalue weighted by molar-refractivity contribution is 0.0945. The minimum atomic E-state index is -0.248. The van der Waals surface area contributed by atoms with E-state index in [4.69, 9.17) is 4.74 Å². The number of nitrogens with zero attached hydrogens (tertiary/aromatic N) is 3. The highest BCUT2D eigenvalue weighted by molar-refractivity contribution is 7.99. The molecule has 0 aliphatic heterocycles. The van der Waals surface area contributed by atoms with Gasteiger partial charge in [-0.15, -0.1) is 0 Å². The molecule has 1 amide bonds. The molecule has 0 bridgehead atoms. The Balaban J connectivity index is 1.67. The highest BCUT2D eigenvalue weighted by atomic mass is 32.2. The summed E-state index contributed by atoms with van der Waals surface area (Å²) in [5.74, 6) is 0.489. The molecule has 1 N–H and O–H groups in total. The number of aromatic nitrogens is 3. The quantitative estimate of drug-likeness (QED) is 0.687. The van der Waals surface area contributed by atoms with Crippen LogP contribution in [0.3, 0.4) is 0 Å². The van der Waals surface area contributed by atoms with Crippen LogP contribution in [-0.4, -0.2) is 28.0 Å². The Bertz CT molecular complexity index is 858. The molecule has 6 nitrogen and oxygen atoms in total. The van der Waals surface area contributed by atoms with Crippen molar-refractivity contribution in [3.63, 3.8) is 0 Å². The fraction of sp³-hybridized carbons (Fsp3) is 0.111. The van der Waals surface area contributed by atoms with Gasteiger partial charge in [0, 0.05) is 35.6 Å². The molecule has 0 radical (unpaired) electrons. The summed E-state index contributed by atoms with van der Waals surface area (Å²) in [6, 6.07) is 12.9. The van der Waals surface area contributed by atoms with Crippen LogP contribution in [0.25, 0.3) is 0 Å². The van der Waals surface area contributed by atoms with Gasteiger partial charge in [0.25, 0.3) is 5.91 Å². The molecule has 0 saturated heterocycles. The van der Waals surface area contributed by atoms with Gasteiger partial charge in [0.05, 0.1) is 7.11 Å². The molecule has 7 heteroatoms. The third kappa shape index (κ3) is 4.54. The van der Waals surface area contributed by atoms with Crippen molar-refractivity contribution in [1.29, 1.82) is 0 Å². The first-order valence-corrected chi connectivity index (χ1v) is 8.39. The molecule has 0 saturated carbocycles. The van der Waals surface area contributed by atoms with E-state index in [1.165, 1.54) is 11.8 Å². The summed E-state index contributed by atoms with van der Waals surface area (Å²) in [6.45, 7) is 0.365. The fourth-order valence-electron chi connectivity index (χ4n) is 2.16. The van der Waals surface area contributed by atoms with E-state index in [0.29, 0.717) is 17.4 Å². The fourth-order valence-corrected chi connectivity index (χ4v) is 2.89. The zero-order valence-corrected chi connectivity index (χ0v) is 14.4. The molecule has 126 valence electrons. The number of nitrogens with one attached hydrogen (secondary N) is 1. The number of carbonyl (C=O) groups is 1. The Labute approximate surface area is 149 Å². The first-order chi connectivity index (χ1) is 12.3. The predicted molar refractivity (Wildman–Crippen MR) is 94.6 cm³/mol. The second kappa shape index (κ2) is 8.25. The van der Waals surface area contributed by atoms with Gasteiger partial charge in [0.2, 0.25) is 0 Å².